The maximum absolute atomic E-state index is 12.1. The summed E-state index contributed by atoms with van der Waals surface area (Å²) in [5, 5.41) is 0. The van der Waals surface area contributed by atoms with Crippen molar-refractivity contribution in [2.45, 2.75) is 20.1 Å². The van der Waals surface area contributed by atoms with Gasteiger partial charge in [0, 0.05) is 0 Å². The molecule has 0 aliphatic heterocycles. The van der Waals surface area contributed by atoms with Gasteiger partial charge in [-0.05, 0) is 47.9 Å². The van der Waals surface area contributed by atoms with Crippen LogP contribution in [0.3, 0.4) is 0 Å². The van der Waals surface area contributed by atoms with Gasteiger partial charge in [-0.3, -0.25) is 0 Å². The van der Waals surface area contributed by atoms with E-state index in [0.717, 1.165) is 22.4 Å². The summed E-state index contributed by atoms with van der Waals surface area (Å²) in [6.07, 6.45) is 0. The second-order valence-electron chi connectivity index (χ2n) is 5.86. The van der Waals surface area contributed by atoms with Crippen LogP contribution in [0.4, 0.5) is 0 Å². The van der Waals surface area contributed by atoms with E-state index in [9.17, 15) is 4.79 Å². The van der Waals surface area contributed by atoms with E-state index >= 15 is 0 Å². The van der Waals surface area contributed by atoms with Gasteiger partial charge in [0.05, 0.1) is 5.56 Å². The summed E-state index contributed by atoms with van der Waals surface area (Å²) in [5.41, 5.74) is 3.67. The van der Waals surface area contributed by atoms with Gasteiger partial charge in [0.1, 0.15) is 19.0 Å². The molecule has 0 N–H and O–H groups in total. The molecule has 0 spiro atoms. The van der Waals surface area contributed by atoms with Gasteiger partial charge in [-0.25, -0.2) is 4.79 Å². The molecule has 3 rings (SSSR count). The Bertz CT molecular complexity index is 823. The second-order valence-corrected chi connectivity index (χ2v) is 5.86. The van der Waals surface area contributed by atoms with Crippen molar-refractivity contribution in [2.75, 3.05) is 0 Å². The number of esters is 1. The third kappa shape index (κ3) is 4.95. The fourth-order valence-corrected chi connectivity index (χ4v) is 2.42. The van der Waals surface area contributed by atoms with Crippen LogP contribution in [0.5, 0.6) is 5.75 Å². The highest BCUT2D eigenvalue weighted by molar-refractivity contribution is 5.89. The van der Waals surface area contributed by atoms with Gasteiger partial charge >= 0.3 is 5.97 Å². The molecule has 0 saturated carbocycles. The summed E-state index contributed by atoms with van der Waals surface area (Å²) in [4.78, 5) is 12.1. The minimum Gasteiger partial charge on any atom is -0.489 e. The van der Waals surface area contributed by atoms with Crippen molar-refractivity contribution in [1.82, 2.24) is 0 Å². The van der Waals surface area contributed by atoms with E-state index < -0.39 is 0 Å². The zero-order chi connectivity index (χ0) is 17.5. The lowest BCUT2D eigenvalue weighted by molar-refractivity contribution is 0.0472. The molecule has 0 unspecified atom stereocenters. The first-order valence-electron chi connectivity index (χ1n) is 8.20. The number of aryl methyl sites for hydroxylation is 1. The molecule has 0 aliphatic rings. The van der Waals surface area contributed by atoms with Gasteiger partial charge in [-0.15, -0.1) is 0 Å². The molecule has 0 fully saturated rings. The first kappa shape index (κ1) is 16.8. The Hall–Kier alpha value is -3.07. The lowest BCUT2D eigenvalue weighted by Crippen LogP contribution is -2.05. The van der Waals surface area contributed by atoms with Crippen LogP contribution in [0.2, 0.25) is 0 Å². The van der Waals surface area contributed by atoms with Crippen LogP contribution in [-0.4, -0.2) is 5.97 Å². The Morgan fingerprint density at radius 1 is 0.800 bits per heavy atom. The van der Waals surface area contributed by atoms with Crippen molar-refractivity contribution in [3.8, 4) is 5.75 Å². The maximum Gasteiger partial charge on any atom is 0.338 e. The molecule has 0 saturated heterocycles. The number of rotatable bonds is 6. The van der Waals surface area contributed by atoms with Crippen LogP contribution >= 0.6 is 0 Å². The average Bonchev–Trinajstić information content (AvgIpc) is 2.66. The molecule has 3 aromatic rings. The predicted octanol–water partition coefficient (Wildman–Crippen LogP) is 4.93. The molecule has 0 heterocycles. The number of carbonyl (C=O) groups is 1. The maximum atomic E-state index is 12.1. The van der Waals surface area contributed by atoms with Crippen molar-refractivity contribution in [3.05, 3.63) is 101 Å². The van der Waals surface area contributed by atoms with Gasteiger partial charge in [0.15, 0.2) is 0 Å². The van der Waals surface area contributed by atoms with E-state index in [4.69, 9.17) is 9.47 Å². The first-order chi connectivity index (χ1) is 12.2. The lowest BCUT2D eigenvalue weighted by Gasteiger charge is -2.08. The van der Waals surface area contributed by atoms with Gasteiger partial charge in [0.2, 0.25) is 0 Å². The Morgan fingerprint density at radius 3 is 2.24 bits per heavy atom. The van der Waals surface area contributed by atoms with Gasteiger partial charge in [-0.2, -0.15) is 0 Å². The molecule has 0 radical (unpaired) electrons. The summed E-state index contributed by atoms with van der Waals surface area (Å²) in [6, 6.07) is 24.9. The third-order valence-corrected chi connectivity index (χ3v) is 3.80. The third-order valence-electron chi connectivity index (χ3n) is 3.80. The van der Waals surface area contributed by atoms with Crippen molar-refractivity contribution in [2.24, 2.45) is 0 Å². The van der Waals surface area contributed by atoms with E-state index in [1.807, 2.05) is 73.7 Å². The molecular formula is C22H20O3. The molecule has 0 bridgehead atoms. The average molecular weight is 332 g/mol. The zero-order valence-corrected chi connectivity index (χ0v) is 14.1. The fraction of sp³-hybridized carbons (Fsp3) is 0.136. The number of carbonyl (C=O) groups excluding carboxylic acids is 1. The smallest absolute Gasteiger partial charge is 0.338 e. The van der Waals surface area contributed by atoms with E-state index in [-0.39, 0.29) is 12.6 Å². The topological polar surface area (TPSA) is 35.5 Å². The monoisotopic (exact) mass is 332 g/mol. The van der Waals surface area contributed by atoms with E-state index in [1.54, 1.807) is 12.1 Å². The quantitative estimate of drug-likeness (QED) is 0.600. The summed E-state index contributed by atoms with van der Waals surface area (Å²) >= 11 is 0. The molecule has 0 amide bonds. The Kier molecular flexibility index (Phi) is 5.47. The molecule has 25 heavy (non-hydrogen) atoms. The van der Waals surface area contributed by atoms with Gasteiger partial charge < -0.3 is 9.47 Å². The Labute approximate surface area is 147 Å². The van der Waals surface area contributed by atoms with E-state index in [2.05, 4.69) is 0 Å². The summed E-state index contributed by atoms with van der Waals surface area (Å²) in [6.45, 7) is 2.77. The van der Waals surface area contributed by atoms with Crippen molar-refractivity contribution in [1.29, 1.82) is 0 Å². The number of hydrogen-bond donors (Lipinski definition) is 0. The standard InChI is InChI=1S/C22H20O3/c1-17-6-5-9-21(14-17)24-15-19-10-12-20(13-11-19)22(23)25-16-18-7-3-2-4-8-18/h2-14H,15-16H2,1H3. The summed E-state index contributed by atoms with van der Waals surface area (Å²) < 4.78 is 11.1. The second kappa shape index (κ2) is 8.15. The van der Waals surface area contributed by atoms with Crippen molar-refractivity contribution >= 4 is 5.97 Å². The summed E-state index contributed by atoms with van der Waals surface area (Å²) in [5.74, 6) is 0.515. The largest absolute Gasteiger partial charge is 0.489 e. The molecule has 3 aromatic carbocycles. The highest BCUT2D eigenvalue weighted by atomic mass is 16.5. The normalized spacial score (nSPS) is 10.3. The van der Waals surface area contributed by atoms with Crippen LogP contribution in [0.15, 0.2) is 78.9 Å². The number of ether oxygens (including phenoxy) is 2. The molecule has 0 aliphatic carbocycles. The Morgan fingerprint density at radius 2 is 1.52 bits per heavy atom. The van der Waals surface area contributed by atoms with E-state index in [1.165, 1.54) is 0 Å². The molecule has 0 aromatic heterocycles. The molecule has 3 nitrogen and oxygen atoms in total. The van der Waals surface area contributed by atoms with Crippen LogP contribution in [0, 0.1) is 6.92 Å². The minimum atomic E-state index is -0.324. The molecular weight excluding hydrogens is 312 g/mol. The molecule has 0 atom stereocenters. The van der Waals surface area contributed by atoms with Crippen LogP contribution in [0.1, 0.15) is 27.0 Å². The van der Waals surface area contributed by atoms with Crippen LogP contribution < -0.4 is 4.74 Å². The zero-order valence-electron chi connectivity index (χ0n) is 14.1. The van der Waals surface area contributed by atoms with Crippen molar-refractivity contribution < 1.29 is 14.3 Å². The highest BCUT2D eigenvalue weighted by Gasteiger charge is 2.07. The molecule has 126 valence electrons. The van der Waals surface area contributed by atoms with Crippen molar-refractivity contribution in [3.63, 3.8) is 0 Å². The summed E-state index contributed by atoms with van der Waals surface area (Å²) in [7, 11) is 0. The van der Waals surface area contributed by atoms with Gasteiger partial charge in [-0.1, -0.05) is 54.6 Å². The van der Waals surface area contributed by atoms with Gasteiger partial charge in [0.25, 0.3) is 0 Å². The highest BCUT2D eigenvalue weighted by Crippen LogP contribution is 2.15. The van der Waals surface area contributed by atoms with E-state index in [0.29, 0.717) is 12.2 Å². The minimum absolute atomic E-state index is 0.276. The predicted molar refractivity (Wildman–Crippen MR) is 97.5 cm³/mol. The van der Waals surface area contributed by atoms with Crippen LogP contribution in [0.25, 0.3) is 0 Å². The van der Waals surface area contributed by atoms with Crippen LogP contribution in [-0.2, 0) is 18.0 Å². The SMILES string of the molecule is Cc1cccc(OCc2ccc(C(=O)OCc3ccccc3)cc2)c1. The first-order valence-corrected chi connectivity index (χ1v) is 8.20. The lowest BCUT2D eigenvalue weighted by atomic mass is 10.1. The number of benzene rings is 3. The fourth-order valence-electron chi connectivity index (χ4n) is 2.42. The number of hydrogen-bond acceptors (Lipinski definition) is 3. The Balaban J connectivity index is 1.53. The molecule has 3 heteroatoms.